The summed E-state index contributed by atoms with van der Waals surface area (Å²) in [5.74, 6) is -0.151. The number of para-hydroxylation sites is 1. The van der Waals surface area contributed by atoms with Crippen LogP contribution in [-0.4, -0.2) is 28.9 Å². The molecule has 0 aliphatic heterocycles. The fourth-order valence-corrected chi connectivity index (χ4v) is 2.95. The minimum Gasteiger partial charge on any atom is -0.497 e. The maximum atomic E-state index is 12.7. The van der Waals surface area contributed by atoms with Crippen molar-refractivity contribution in [1.29, 1.82) is 0 Å². The molecule has 0 fully saturated rings. The van der Waals surface area contributed by atoms with Crippen molar-refractivity contribution in [2.45, 2.75) is 0 Å². The van der Waals surface area contributed by atoms with Gasteiger partial charge in [-0.3, -0.25) is 14.6 Å². The van der Waals surface area contributed by atoms with Gasteiger partial charge in [-0.05, 0) is 48.5 Å². The van der Waals surface area contributed by atoms with E-state index in [9.17, 15) is 9.59 Å². The van der Waals surface area contributed by atoms with Crippen molar-refractivity contribution in [2.24, 2.45) is 0 Å². The van der Waals surface area contributed by atoms with Gasteiger partial charge in [-0.2, -0.15) is 0 Å². The van der Waals surface area contributed by atoms with Crippen molar-refractivity contribution < 1.29 is 14.3 Å². The fourth-order valence-electron chi connectivity index (χ4n) is 2.95. The molecule has 7 heteroatoms. The molecule has 0 unspecified atom stereocenters. The number of fused-ring (bicyclic) bond motifs is 1. The number of nitrogens with zero attached hydrogens (tertiary/aromatic N) is 2. The van der Waals surface area contributed by atoms with Gasteiger partial charge in [-0.1, -0.05) is 24.3 Å². The molecule has 2 aromatic carbocycles. The molecule has 2 aromatic heterocycles. The number of anilines is 2. The van der Waals surface area contributed by atoms with E-state index in [4.69, 9.17) is 4.74 Å². The largest absolute Gasteiger partial charge is 0.497 e. The summed E-state index contributed by atoms with van der Waals surface area (Å²) in [5.41, 5.74) is 2.12. The summed E-state index contributed by atoms with van der Waals surface area (Å²) in [4.78, 5) is 33.8. The molecule has 0 saturated heterocycles. The summed E-state index contributed by atoms with van der Waals surface area (Å²) in [6.07, 6.45) is 1.67. The Morgan fingerprint density at radius 1 is 0.800 bits per heavy atom. The number of rotatable bonds is 5. The van der Waals surface area contributed by atoms with Gasteiger partial charge in [0.05, 0.1) is 18.3 Å². The molecule has 4 aromatic rings. The number of methoxy groups -OCH3 is 1. The van der Waals surface area contributed by atoms with Gasteiger partial charge in [0.1, 0.15) is 17.1 Å². The van der Waals surface area contributed by atoms with E-state index in [1.165, 1.54) is 0 Å². The topological polar surface area (TPSA) is 93.2 Å². The number of aromatic nitrogens is 2. The minimum atomic E-state index is -0.424. The van der Waals surface area contributed by atoms with Crippen LogP contribution >= 0.6 is 0 Å². The van der Waals surface area contributed by atoms with Crippen LogP contribution in [0.2, 0.25) is 0 Å². The minimum absolute atomic E-state index is 0.130. The first kappa shape index (κ1) is 19.1. The molecule has 2 heterocycles. The molecule has 0 spiro atoms. The zero-order valence-electron chi connectivity index (χ0n) is 16.1. The van der Waals surface area contributed by atoms with Gasteiger partial charge >= 0.3 is 0 Å². The molecule has 7 nitrogen and oxygen atoms in total. The van der Waals surface area contributed by atoms with Gasteiger partial charge in [0.15, 0.2) is 0 Å². The summed E-state index contributed by atoms with van der Waals surface area (Å²) in [6, 6.07) is 20.9. The van der Waals surface area contributed by atoms with E-state index in [1.807, 2.05) is 24.3 Å². The van der Waals surface area contributed by atoms with E-state index < -0.39 is 11.8 Å². The molecular formula is C23H18N4O3. The summed E-state index contributed by atoms with van der Waals surface area (Å²) >= 11 is 0. The third kappa shape index (κ3) is 4.10. The fraction of sp³-hybridized carbons (Fsp3) is 0.0435. The number of amides is 2. The lowest BCUT2D eigenvalue weighted by molar-refractivity contribution is 0.101. The zero-order chi connectivity index (χ0) is 20.9. The molecule has 30 heavy (non-hydrogen) atoms. The molecule has 4 rings (SSSR count). The predicted octanol–water partition coefficient (Wildman–Crippen LogP) is 4.14. The molecule has 0 atom stereocenters. The van der Waals surface area contributed by atoms with E-state index >= 15 is 0 Å². The average Bonchev–Trinajstić information content (AvgIpc) is 2.80. The Balaban J connectivity index is 1.52. The lowest BCUT2D eigenvalue weighted by Crippen LogP contribution is -2.18. The van der Waals surface area contributed by atoms with Gasteiger partial charge in [0.25, 0.3) is 11.8 Å². The number of hydrogen-bond donors (Lipinski definition) is 2. The predicted molar refractivity (Wildman–Crippen MR) is 115 cm³/mol. The second kappa shape index (κ2) is 8.40. The highest BCUT2D eigenvalue weighted by Gasteiger charge is 2.14. The maximum Gasteiger partial charge on any atom is 0.274 e. The lowest BCUT2D eigenvalue weighted by atomic mass is 10.2. The lowest BCUT2D eigenvalue weighted by Gasteiger charge is -2.09. The Morgan fingerprint density at radius 2 is 1.47 bits per heavy atom. The molecule has 0 aliphatic carbocycles. The second-order valence-corrected chi connectivity index (χ2v) is 6.43. The summed E-state index contributed by atoms with van der Waals surface area (Å²) in [5, 5.41) is 6.48. The van der Waals surface area contributed by atoms with Crippen LogP contribution in [0.15, 0.2) is 79.0 Å². The molecule has 0 bridgehead atoms. The number of pyridine rings is 2. The van der Waals surface area contributed by atoms with E-state index in [-0.39, 0.29) is 11.4 Å². The van der Waals surface area contributed by atoms with E-state index in [2.05, 4.69) is 20.6 Å². The van der Waals surface area contributed by atoms with Gasteiger partial charge in [-0.25, -0.2) is 4.98 Å². The quantitative estimate of drug-likeness (QED) is 0.527. The maximum absolute atomic E-state index is 12.7. The molecule has 0 saturated carbocycles. The Bertz CT molecular complexity index is 1220. The van der Waals surface area contributed by atoms with E-state index in [0.717, 1.165) is 5.39 Å². The highest BCUT2D eigenvalue weighted by molar-refractivity contribution is 6.08. The van der Waals surface area contributed by atoms with E-state index in [0.29, 0.717) is 22.6 Å². The van der Waals surface area contributed by atoms with Crippen LogP contribution < -0.4 is 15.4 Å². The molecule has 0 aliphatic rings. The number of ether oxygens (including phenoxy) is 1. The van der Waals surface area contributed by atoms with Crippen molar-refractivity contribution in [3.8, 4) is 5.75 Å². The molecule has 0 radical (unpaired) electrons. The SMILES string of the molecule is COc1ccc(NC(=O)c2cccc(C(=O)Nc3cccc4cccnc34)n2)cc1. The van der Waals surface area contributed by atoms with Gasteiger partial charge < -0.3 is 15.4 Å². The Labute approximate surface area is 172 Å². The van der Waals surface area contributed by atoms with Crippen molar-refractivity contribution in [3.05, 3.63) is 90.4 Å². The summed E-state index contributed by atoms with van der Waals surface area (Å²) in [7, 11) is 1.57. The first-order valence-electron chi connectivity index (χ1n) is 9.21. The van der Waals surface area contributed by atoms with Gasteiger partial charge in [0.2, 0.25) is 0 Å². The highest BCUT2D eigenvalue weighted by atomic mass is 16.5. The molecule has 148 valence electrons. The van der Waals surface area contributed by atoms with Crippen molar-refractivity contribution >= 4 is 34.1 Å². The summed E-state index contributed by atoms with van der Waals surface area (Å²) in [6.45, 7) is 0. The van der Waals surface area contributed by atoms with Crippen LogP contribution in [0.25, 0.3) is 10.9 Å². The Kier molecular flexibility index (Phi) is 5.34. The van der Waals surface area contributed by atoms with Crippen LogP contribution in [0.3, 0.4) is 0 Å². The Morgan fingerprint density at radius 3 is 2.20 bits per heavy atom. The first-order chi connectivity index (χ1) is 14.6. The third-order valence-corrected chi connectivity index (χ3v) is 4.44. The average molecular weight is 398 g/mol. The molecular weight excluding hydrogens is 380 g/mol. The molecule has 2 N–H and O–H groups in total. The number of hydrogen-bond acceptors (Lipinski definition) is 5. The van der Waals surface area contributed by atoms with Crippen molar-refractivity contribution in [1.82, 2.24) is 9.97 Å². The normalized spacial score (nSPS) is 10.4. The van der Waals surface area contributed by atoms with Crippen LogP contribution in [0.5, 0.6) is 5.75 Å². The number of nitrogens with one attached hydrogen (secondary N) is 2. The number of carbonyl (C=O) groups is 2. The number of benzene rings is 2. The standard InChI is InChI=1S/C23H18N4O3/c1-30-17-12-10-16(11-13-17)25-22(28)19-8-3-9-20(26-19)23(29)27-18-7-2-5-15-6-4-14-24-21(15)18/h2-14H,1H3,(H,25,28)(H,27,29). The van der Waals surface area contributed by atoms with Crippen LogP contribution in [0.4, 0.5) is 11.4 Å². The monoisotopic (exact) mass is 398 g/mol. The van der Waals surface area contributed by atoms with Crippen molar-refractivity contribution in [2.75, 3.05) is 17.7 Å². The van der Waals surface area contributed by atoms with Gasteiger partial charge in [-0.15, -0.1) is 0 Å². The summed E-state index contributed by atoms with van der Waals surface area (Å²) < 4.78 is 5.10. The van der Waals surface area contributed by atoms with Crippen LogP contribution in [0, 0.1) is 0 Å². The number of carbonyl (C=O) groups excluding carboxylic acids is 2. The third-order valence-electron chi connectivity index (χ3n) is 4.44. The first-order valence-corrected chi connectivity index (χ1v) is 9.21. The second-order valence-electron chi connectivity index (χ2n) is 6.43. The highest BCUT2D eigenvalue weighted by Crippen LogP contribution is 2.21. The van der Waals surface area contributed by atoms with Crippen LogP contribution in [-0.2, 0) is 0 Å². The van der Waals surface area contributed by atoms with Crippen LogP contribution in [0.1, 0.15) is 21.0 Å². The van der Waals surface area contributed by atoms with Crippen molar-refractivity contribution in [3.63, 3.8) is 0 Å². The van der Waals surface area contributed by atoms with E-state index in [1.54, 1.807) is 61.8 Å². The Hall–Kier alpha value is -4.26. The molecule has 2 amide bonds. The smallest absolute Gasteiger partial charge is 0.274 e. The van der Waals surface area contributed by atoms with Gasteiger partial charge in [0, 0.05) is 17.3 Å². The zero-order valence-corrected chi connectivity index (χ0v) is 16.1.